The molecule has 0 spiro atoms. The van der Waals surface area contributed by atoms with Crippen LogP contribution in [0.25, 0.3) is 16.0 Å². The van der Waals surface area contributed by atoms with Gasteiger partial charge < -0.3 is 16.0 Å². The maximum Gasteiger partial charge on any atom is 4.00 e. The molecule has 0 saturated carbocycles. The number of aryl methyl sites for hydroxylation is 2. The van der Waals surface area contributed by atoms with E-state index in [1.807, 2.05) is 0 Å². The Labute approximate surface area is 146 Å². The van der Waals surface area contributed by atoms with Crippen molar-refractivity contribution >= 4 is 0 Å². The van der Waals surface area contributed by atoms with Crippen LogP contribution in [-0.4, -0.2) is 42.3 Å². The van der Waals surface area contributed by atoms with Crippen LogP contribution in [0.1, 0.15) is 30.9 Å². The van der Waals surface area contributed by atoms with Gasteiger partial charge >= 0.3 is 26.2 Å². The summed E-state index contributed by atoms with van der Waals surface area (Å²) in [5.41, 5.74) is 2.89. The molecule has 20 heavy (non-hydrogen) atoms. The monoisotopic (exact) mass is 357 g/mol. The molecule has 0 amide bonds. The van der Waals surface area contributed by atoms with Gasteiger partial charge in [0.2, 0.25) is 0 Å². The van der Waals surface area contributed by atoms with E-state index in [4.69, 9.17) is 0 Å². The summed E-state index contributed by atoms with van der Waals surface area (Å²) in [6, 6.07) is 6.69. The van der Waals surface area contributed by atoms with E-state index in [1.165, 1.54) is 30.4 Å². The minimum atomic E-state index is 0. The van der Waals surface area contributed by atoms with E-state index < -0.39 is 0 Å². The summed E-state index contributed by atoms with van der Waals surface area (Å²) in [5, 5.41) is 10.5. The Bertz CT molecular complexity index is 233. The molecule has 0 fully saturated rings. The van der Waals surface area contributed by atoms with Crippen LogP contribution in [0.2, 0.25) is 0 Å². The SMILES string of the molecule is CCCC[c-]1ccc(C)c1.C[N-]C.C[N-]C.C[N-]C.[Zr+4]. The van der Waals surface area contributed by atoms with Crippen LogP contribution in [0.15, 0.2) is 18.2 Å². The van der Waals surface area contributed by atoms with E-state index in [-0.39, 0.29) is 26.2 Å². The van der Waals surface area contributed by atoms with Gasteiger partial charge in [0.25, 0.3) is 0 Å². The minimum Gasteiger partial charge on any atom is -0.668 e. The van der Waals surface area contributed by atoms with Crippen molar-refractivity contribution in [3.63, 3.8) is 0 Å². The maximum atomic E-state index is 3.50. The second-order valence-corrected chi connectivity index (χ2v) is 4.24. The second-order valence-electron chi connectivity index (χ2n) is 4.24. The molecule has 0 aliphatic carbocycles. The largest absolute Gasteiger partial charge is 4.00 e. The zero-order chi connectivity index (χ0) is 15.5. The Kier molecular flexibility index (Phi) is 38.8. The summed E-state index contributed by atoms with van der Waals surface area (Å²) in [5.74, 6) is 0. The van der Waals surface area contributed by atoms with Crippen LogP contribution in [0.3, 0.4) is 0 Å². The number of hydrogen-bond acceptors (Lipinski definition) is 0. The van der Waals surface area contributed by atoms with E-state index in [0.717, 1.165) is 0 Å². The average molecular weight is 359 g/mol. The summed E-state index contributed by atoms with van der Waals surface area (Å²) < 4.78 is 0. The van der Waals surface area contributed by atoms with Gasteiger partial charge in [-0.15, -0.1) is 0 Å². The van der Waals surface area contributed by atoms with Crippen molar-refractivity contribution < 1.29 is 26.2 Å². The minimum absolute atomic E-state index is 0. The summed E-state index contributed by atoms with van der Waals surface area (Å²) in [4.78, 5) is 0. The Morgan fingerprint density at radius 2 is 1.35 bits per heavy atom. The molecule has 116 valence electrons. The summed E-state index contributed by atoms with van der Waals surface area (Å²) >= 11 is 0. The molecule has 0 saturated heterocycles. The van der Waals surface area contributed by atoms with Crippen molar-refractivity contribution in [1.82, 2.24) is 0 Å². The van der Waals surface area contributed by atoms with E-state index in [0.29, 0.717) is 0 Å². The third-order valence-electron chi connectivity index (χ3n) is 1.79. The molecule has 0 N–H and O–H groups in total. The molecule has 1 rings (SSSR count). The molecule has 0 heterocycles. The molecule has 0 aliphatic heterocycles. The summed E-state index contributed by atoms with van der Waals surface area (Å²) in [7, 11) is 10.5. The fraction of sp³-hybridized carbons (Fsp3) is 0.688. The Morgan fingerprint density at radius 3 is 1.60 bits per heavy atom. The van der Waals surface area contributed by atoms with Crippen molar-refractivity contribution in [1.29, 1.82) is 0 Å². The molecular formula is C16H33N3Zr. The topological polar surface area (TPSA) is 42.3 Å². The van der Waals surface area contributed by atoms with Gasteiger partial charge in [-0.1, -0.05) is 33.1 Å². The number of unbranched alkanes of at least 4 members (excludes halogenated alkanes) is 1. The van der Waals surface area contributed by atoms with Crippen LogP contribution >= 0.6 is 0 Å². The Balaban J connectivity index is -0.000000108. The van der Waals surface area contributed by atoms with Gasteiger partial charge in [-0.25, -0.2) is 11.6 Å². The zero-order valence-corrected chi connectivity index (χ0v) is 17.2. The second kappa shape index (κ2) is 27.5. The standard InChI is InChI=1S/C10H15.3C2H6N.Zr/c1-3-4-5-10-7-6-9(2)8-10;3*1-3-2;/h6-8H,3-5H2,1-2H3;3*1-2H3;/q4*-1;+4. The molecule has 1 aromatic rings. The first-order valence-electron chi connectivity index (χ1n) is 6.73. The van der Waals surface area contributed by atoms with Gasteiger partial charge in [-0.3, -0.25) is 0 Å². The van der Waals surface area contributed by atoms with Gasteiger partial charge in [-0.2, -0.15) is 60.0 Å². The van der Waals surface area contributed by atoms with Gasteiger partial charge in [0, 0.05) is 0 Å². The predicted molar refractivity (Wildman–Crippen MR) is 91.0 cm³/mol. The smallest absolute Gasteiger partial charge is 0.668 e. The molecular weight excluding hydrogens is 325 g/mol. The molecule has 4 heteroatoms. The molecule has 3 nitrogen and oxygen atoms in total. The molecule has 0 unspecified atom stereocenters. The number of hydrogen-bond donors (Lipinski definition) is 0. The summed E-state index contributed by atoms with van der Waals surface area (Å²) in [6.07, 6.45) is 3.87. The first kappa shape index (κ1) is 28.3. The van der Waals surface area contributed by atoms with E-state index in [1.54, 1.807) is 42.3 Å². The third-order valence-corrected chi connectivity index (χ3v) is 1.79. The molecule has 1 aromatic carbocycles. The van der Waals surface area contributed by atoms with Gasteiger partial charge in [0.05, 0.1) is 0 Å². The maximum absolute atomic E-state index is 3.50. The molecule has 0 aliphatic rings. The van der Waals surface area contributed by atoms with Crippen molar-refractivity contribution in [2.75, 3.05) is 42.3 Å². The average Bonchev–Trinajstić information content (AvgIpc) is 2.76. The van der Waals surface area contributed by atoms with Gasteiger partial charge in [-0.05, 0) is 0 Å². The molecule has 0 aromatic heterocycles. The molecule has 0 bridgehead atoms. The first-order valence-corrected chi connectivity index (χ1v) is 6.73. The zero-order valence-electron chi connectivity index (χ0n) is 14.7. The molecule has 0 radical (unpaired) electrons. The Hall–Kier alpha value is 0.113. The summed E-state index contributed by atoms with van der Waals surface area (Å²) in [6.45, 7) is 4.38. The quantitative estimate of drug-likeness (QED) is 0.689. The fourth-order valence-electron chi connectivity index (χ4n) is 1.16. The van der Waals surface area contributed by atoms with Crippen LogP contribution in [0, 0.1) is 6.92 Å². The predicted octanol–water partition coefficient (Wildman–Crippen LogP) is 4.91. The van der Waals surface area contributed by atoms with Gasteiger partial charge in [0.15, 0.2) is 0 Å². The van der Waals surface area contributed by atoms with Crippen molar-refractivity contribution in [2.24, 2.45) is 0 Å². The number of nitrogens with zero attached hydrogens (tertiary/aromatic N) is 3. The third kappa shape index (κ3) is 30.8. The fourth-order valence-corrected chi connectivity index (χ4v) is 1.16. The normalized spacial score (nSPS) is 7.80. The number of rotatable bonds is 3. The van der Waals surface area contributed by atoms with Crippen LogP contribution in [0.4, 0.5) is 0 Å². The first-order chi connectivity index (χ1) is 9.07. The van der Waals surface area contributed by atoms with E-state index in [9.17, 15) is 0 Å². The Morgan fingerprint density at radius 1 is 0.950 bits per heavy atom. The van der Waals surface area contributed by atoms with Crippen molar-refractivity contribution in [2.45, 2.75) is 33.1 Å². The van der Waals surface area contributed by atoms with Crippen LogP contribution in [-0.2, 0) is 32.6 Å². The van der Waals surface area contributed by atoms with E-state index in [2.05, 4.69) is 48.0 Å². The van der Waals surface area contributed by atoms with Crippen LogP contribution in [0.5, 0.6) is 0 Å². The van der Waals surface area contributed by atoms with E-state index >= 15 is 0 Å². The van der Waals surface area contributed by atoms with Crippen molar-refractivity contribution in [3.8, 4) is 0 Å². The van der Waals surface area contributed by atoms with Gasteiger partial charge in [0.1, 0.15) is 0 Å². The molecule has 0 atom stereocenters. The van der Waals surface area contributed by atoms with Crippen LogP contribution < -0.4 is 0 Å². The van der Waals surface area contributed by atoms with Crippen molar-refractivity contribution in [3.05, 3.63) is 45.3 Å².